The first-order valence-corrected chi connectivity index (χ1v) is 9.97. The number of amides is 1. The topological polar surface area (TPSA) is 137 Å². The summed E-state index contributed by atoms with van der Waals surface area (Å²) in [6, 6.07) is -0.560. The molecule has 0 aromatic carbocycles. The Morgan fingerprint density at radius 1 is 1.07 bits per heavy atom. The van der Waals surface area contributed by atoms with Crippen molar-refractivity contribution in [2.75, 3.05) is 6.54 Å². The number of aldehydes is 1. The van der Waals surface area contributed by atoms with Crippen molar-refractivity contribution in [2.24, 2.45) is 0 Å². The smallest absolute Gasteiger partial charge is 0.251 e. The standard InChI is InChI=1S/C18H35N5O4/c1-2-3-4-5-6-7-8-9-10-13-17(25)21-16(15-24)12-11-14-20-18(19)22-23(26)27/h15-16H,2-14H2,1H3,(H,21,25)(H3,19,20,22). The highest BCUT2D eigenvalue weighted by molar-refractivity contribution is 5.79. The van der Waals surface area contributed by atoms with Crippen LogP contribution in [0.15, 0.2) is 0 Å². The molecule has 4 N–H and O–H groups in total. The molecule has 1 atom stereocenters. The summed E-state index contributed by atoms with van der Waals surface area (Å²) in [6.07, 6.45) is 12.7. The quantitative estimate of drug-likeness (QED) is 0.0758. The number of hydrogen-bond donors (Lipinski definition) is 4. The maximum atomic E-state index is 11.9. The fraction of sp³-hybridized carbons (Fsp3) is 0.833. The first-order chi connectivity index (χ1) is 13.0. The zero-order chi connectivity index (χ0) is 20.3. The van der Waals surface area contributed by atoms with Gasteiger partial charge in [-0.2, -0.15) is 0 Å². The van der Waals surface area contributed by atoms with Crippen LogP contribution in [0.25, 0.3) is 0 Å². The highest BCUT2D eigenvalue weighted by Crippen LogP contribution is 2.10. The van der Waals surface area contributed by atoms with Gasteiger partial charge in [-0.25, -0.2) is 10.1 Å². The number of nitro groups is 1. The number of guanidine groups is 1. The van der Waals surface area contributed by atoms with Crippen LogP contribution >= 0.6 is 0 Å². The molecule has 0 aliphatic rings. The number of rotatable bonds is 17. The third kappa shape index (κ3) is 17.0. The second-order valence-electron chi connectivity index (χ2n) is 6.70. The molecule has 0 aliphatic heterocycles. The van der Waals surface area contributed by atoms with E-state index in [1.54, 1.807) is 5.43 Å². The summed E-state index contributed by atoms with van der Waals surface area (Å²) < 4.78 is 0. The summed E-state index contributed by atoms with van der Waals surface area (Å²) in [6.45, 7) is 2.51. The zero-order valence-corrected chi connectivity index (χ0v) is 16.4. The number of hydrazine groups is 1. The molecule has 0 bridgehead atoms. The van der Waals surface area contributed by atoms with E-state index in [1.165, 1.54) is 38.5 Å². The Morgan fingerprint density at radius 3 is 2.22 bits per heavy atom. The Morgan fingerprint density at radius 2 is 1.67 bits per heavy atom. The Hall–Kier alpha value is -2.19. The molecule has 0 aliphatic carbocycles. The molecule has 0 saturated heterocycles. The molecule has 9 nitrogen and oxygen atoms in total. The monoisotopic (exact) mass is 385 g/mol. The second kappa shape index (κ2) is 17.2. The number of carbonyl (C=O) groups is 2. The minimum Gasteiger partial charge on any atom is -0.352 e. The van der Waals surface area contributed by atoms with E-state index in [-0.39, 0.29) is 5.91 Å². The highest BCUT2D eigenvalue weighted by atomic mass is 16.7. The van der Waals surface area contributed by atoms with Gasteiger partial charge < -0.3 is 15.4 Å². The second-order valence-corrected chi connectivity index (χ2v) is 6.70. The molecule has 0 fully saturated rings. The lowest BCUT2D eigenvalue weighted by Crippen LogP contribution is -2.41. The maximum Gasteiger partial charge on any atom is 0.251 e. The number of hydrogen-bond acceptors (Lipinski definition) is 5. The van der Waals surface area contributed by atoms with Crippen molar-refractivity contribution >= 4 is 18.2 Å². The fourth-order valence-electron chi connectivity index (χ4n) is 2.72. The molecule has 0 aromatic rings. The molecule has 0 radical (unpaired) electrons. The molecule has 1 unspecified atom stereocenters. The van der Waals surface area contributed by atoms with Crippen LogP contribution in [0.5, 0.6) is 0 Å². The van der Waals surface area contributed by atoms with Gasteiger partial charge in [0.25, 0.3) is 5.96 Å². The Kier molecular flexibility index (Phi) is 15.8. The van der Waals surface area contributed by atoms with Gasteiger partial charge in [-0.1, -0.05) is 63.7 Å². The van der Waals surface area contributed by atoms with E-state index < -0.39 is 17.0 Å². The summed E-state index contributed by atoms with van der Waals surface area (Å²) in [7, 11) is 0. The molecule has 27 heavy (non-hydrogen) atoms. The number of unbranched alkanes of at least 4 members (excludes halogenated alkanes) is 8. The van der Waals surface area contributed by atoms with Crippen molar-refractivity contribution in [2.45, 2.75) is 90.0 Å². The third-order valence-corrected chi connectivity index (χ3v) is 4.21. The molecule has 0 heterocycles. The Balaban J connectivity index is 3.65. The maximum absolute atomic E-state index is 11.9. The lowest BCUT2D eigenvalue weighted by molar-refractivity contribution is -0.525. The van der Waals surface area contributed by atoms with Crippen LogP contribution < -0.4 is 16.1 Å². The van der Waals surface area contributed by atoms with E-state index in [0.717, 1.165) is 19.3 Å². The van der Waals surface area contributed by atoms with Crippen LogP contribution in [0, 0.1) is 15.5 Å². The van der Waals surface area contributed by atoms with E-state index in [2.05, 4.69) is 17.6 Å². The van der Waals surface area contributed by atoms with Crippen molar-refractivity contribution in [1.82, 2.24) is 16.1 Å². The molecule has 0 aromatic heterocycles. The molecular weight excluding hydrogens is 350 g/mol. The molecule has 1 amide bonds. The fourth-order valence-corrected chi connectivity index (χ4v) is 2.72. The minimum absolute atomic E-state index is 0.120. The minimum atomic E-state index is -0.823. The van der Waals surface area contributed by atoms with Gasteiger partial charge in [-0.3, -0.25) is 10.2 Å². The van der Waals surface area contributed by atoms with Gasteiger partial charge in [0.15, 0.2) is 5.03 Å². The van der Waals surface area contributed by atoms with Gasteiger partial charge in [-0.05, 0) is 19.3 Å². The summed E-state index contributed by atoms with van der Waals surface area (Å²) >= 11 is 0. The van der Waals surface area contributed by atoms with Gasteiger partial charge >= 0.3 is 0 Å². The lowest BCUT2D eigenvalue weighted by atomic mass is 10.1. The van der Waals surface area contributed by atoms with Crippen LogP contribution in [0.4, 0.5) is 0 Å². The first-order valence-electron chi connectivity index (χ1n) is 9.97. The molecule has 0 spiro atoms. The number of nitrogens with zero attached hydrogens (tertiary/aromatic N) is 1. The SMILES string of the molecule is CCCCCCCCCCCC(=O)NC(C=O)CCCNC(=N)N[N+](=O)[O-]. The predicted octanol–water partition coefficient (Wildman–Crippen LogP) is 2.68. The van der Waals surface area contributed by atoms with E-state index in [0.29, 0.717) is 32.1 Å². The van der Waals surface area contributed by atoms with E-state index in [4.69, 9.17) is 5.41 Å². The Labute approximate surface area is 161 Å². The summed E-state index contributed by atoms with van der Waals surface area (Å²) in [4.78, 5) is 33.1. The van der Waals surface area contributed by atoms with E-state index >= 15 is 0 Å². The number of nitrogens with one attached hydrogen (secondary N) is 4. The lowest BCUT2D eigenvalue weighted by Gasteiger charge is -2.13. The van der Waals surface area contributed by atoms with Gasteiger partial charge in [0.05, 0.1) is 6.04 Å². The van der Waals surface area contributed by atoms with Crippen LogP contribution in [-0.2, 0) is 9.59 Å². The zero-order valence-electron chi connectivity index (χ0n) is 16.4. The average Bonchev–Trinajstić information content (AvgIpc) is 2.62. The van der Waals surface area contributed by atoms with Crippen molar-refractivity contribution in [3.63, 3.8) is 0 Å². The number of carbonyl (C=O) groups excluding carboxylic acids is 2. The summed E-state index contributed by atoms with van der Waals surface area (Å²) in [5.74, 6) is -0.525. The van der Waals surface area contributed by atoms with Crippen LogP contribution in [0.1, 0.15) is 84.0 Å². The first kappa shape index (κ1) is 24.8. The van der Waals surface area contributed by atoms with E-state index in [1.807, 2.05) is 0 Å². The predicted molar refractivity (Wildman–Crippen MR) is 105 cm³/mol. The van der Waals surface area contributed by atoms with Crippen molar-refractivity contribution < 1.29 is 14.6 Å². The molecule has 9 heteroatoms. The largest absolute Gasteiger partial charge is 0.352 e. The molecular formula is C18H35N5O4. The highest BCUT2D eigenvalue weighted by Gasteiger charge is 2.11. The van der Waals surface area contributed by atoms with Gasteiger partial charge in [0.2, 0.25) is 5.91 Å². The van der Waals surface area contributed by atoms with Crippen molar-refractivity contribution in [3.05, 3.63) is 10.1 Å². The Bertz CT molecular complexity index is 445. The summed E-state index contributed by atoms with van der Waals surface area (Å²) in [5, 5.41) is 21.8. The van der Waals surface area contributed by atoms with Gasteiger partial charge in [-0.15, -0.1) is 0 Å². The van der Waals surface area contributed by atoms with Crippen molar-refractivity contribution in [3.8, 4) is 0 Å². The van der Waals surface area contributed by atoms with E-state index in [9.17, 15) is 19.7 Å². The average molecular weight is 386 g/mol. The molecule has 156 valence electrons. The third-order valence-electron chi connectivity index (χ3n) is 4.21. The van der Waals surface area contributed by atoms with Crippen LogP contribution in [0.3, 0.4) is 0 Å². The molecule has 0 saturated carbocycles. The normalized spacial score (nSPS) is 11.4. The van der Waals surface area contributed by atoms with Crippen LogP contribution in [0.2, 0.25) is 0 Å². The summed E-state index contributed by atoms with van der Waals surface area (Å²) in [5.41, 5.74) is 1.68. The van der Waals surface area contributed by atoms with Crippen LogP contribution in [-0.4, -0.2) is 35.8 Å². The van der Waals surface area contributed by atoms with Gasteiger partial charge in [0.1, 0.15) is 6.29 Å². The molecule has 0 rings (SSSR count). The van der Waals surface area contributed by atoms with Crippen molar-refractivity contribution in [1.29, 1.82) is 5.41 Å². The van der Waals surface area contributed by atoms with Gasteiger partial charge in [0, 0.05) is 13.0 Å².